The molecule has 0 atom stereocenters. The van der Waals surface area contributed by atoms with Crippen molar-refractivity contribution in [2.45, 2.75) is 38.0 Å². The van der Waals surface area contributed by atoms with Crippen LogP contribution in [0, 0.1) is 0 Å². The number of ether oxygens (including phenoxy) is 2. The van der Waals surface area contributed by atoms with Crippen molar-refractivity contribution >= 4 is 5.96 Å². The summed E-state index contributed by atoms with van der Waals surface area (Å²) in [4.78, 5) is 4.32. The van der Waals surface area contributed by atoms with E-state index in [1.807, 2.05) is 20.0 Å². The molecule has 0 unspecified atom stereocenters. The average molecular weight is 333 g/mol. The molecular formula is C19H31N3O2. The van der Waals surface area contributed by atoms with Crippen LogP contribution in [0.2, 0.25) is 0 Å². The van der Waals surface area contributed by atoms with Gasteiger partial charge in [-0.25, -0.2) is 0 Å². The number of rotatable bonds is 8. The Hall–Kier alpha value is -1.75. The molecular weight excluding hydrogens is 302 g/mol. The number of aliphatic imine (C=N–C) groups is 1. The van der Waals surface area contributed by atoms with E-state index >= 15 is 0 Å². The molecule has 1 aliphatic rings. The molecule has 134 valence electrons. The second-order valence-corrected chi connectivity index (χ2v) is 6.27. The third kappa shape index (κ3) is 4.87. The van der Waals surface area contributed by atoms with Crippen LogP contribution in [0.1, 0.15) is 38.2 Å². The van der Waals surface area contributed by atoms with Gasteiger partial charge in [0, 0.05) is 32.2 Å². The first-order chi connectivity index (χ1) is 11.7. The number of guanidine groups is 1. The highest BCUT2D eigenvalue weighted by atomic mass is 16.5. The van der Waals surface area contributed by atoms with Crippen LogP contribution in [0.25, 0.3) is 0 Å². The molecule has 0 aliphatic heterocycles. The molecule has 1 aromatic rings. The third-order valence-electron chi connectivity index (χ3n) is 4.80. The zero-order valence-electron chi connectivity index (χ0n) is 15.2. The van der Waals surface area contributed by atoms with E-state index in [-0.39, 0.29) is 5.41 Å². The maximum Gasteiger partial charge on any atom is 0.191 e. The van der Waals surface area contributed by atoms with Crippen LogP contribution in [0.3, 0.4) is 0 Å². The van der Waals surface area contributed by atoms with Gasteiger partial charge in [0.2, 0.25) is 0 Å². The Balaban J connectivity index is 2.00. The van der Waals surface area contributed by atoms with Gasteiger partial charge in [-0.3, -0.25) is 4.99 Å². The first-order valence-corrected chi connectivity index (χ1v) is 8.91. The molecule has 0 aromatic heterocycles. The fraction of sp³-hybridized carbons (Fsp3) is 0.632. The van der Waals surface area contributed by atoms with Gasteiger partial charge in [-0.1, -0.05) is 25.0 Å². The quantitative estimate of drug-likeness (QED) is 0.436. The molecule has 1 aliphatic carbocycles. The van der Waals surface area contributed by atoms with Crippen molar-refractivity contribution in [2.75, 3.05) is 40.5 Å². The summed E-state index contributed by atoms with van der Waals surface area (Å²) in [5.74, 6) is 1.77. The van der Waals surface area contributed by atoms with Crippen molar-refractivity contribution in [2.24, 2.45) is 4.99 Å². The van der Waals surface area contributed by atoms with Gasteiger partial charge >= 0.3 is 0 Å². The fourth-order valence-corrected chi connectivity index (χ4v) is 3.43. The molecule has 5 heteroatoms. The van der Waals surface area contributed by atoms with Crippen molar-refractivity contribution in [1.82, 2.24) is 10.6 Å². The van der Waals surface area contributed by atoms with Crippen LogP contribution in [0.15, 0.2) is 29.3 Å². The molecule has 0 amide bonds. The lowest BCUT2D eigenvalue weighted by Gasteiger charge is -2.31. The van der Waals surface area contributed by atoms with Crippen LogP contribution >= 0.6 is 0 Å². The number of benzene rings is 1. The second-order valence-electron chi connectivity index (χ2n) is 6.27. The zero-order chi connectivity index (χ0) is 17.3. The maximum absolute atomic E-state index is 5.41. The largest absolute Gasteiger partial charge is 0.497 e. The van der Waals surface area contributed by atoms with E-state index < -0.39 is 0 Å². The smallest absolute Gasteiger partial charge is 0.191 e. The summed E-state index contributed by atoms with van der Waals surface area (Å²) in [6.45, 7) is 5.09. The lowest BCUT2D eigenvalue weighted by Crippen LogP contribution is -2.45. The Bertz CT molecular complexity index is 525. The van der Waals surface area contributed by atoms with Gasteiger partial charge < -0.3 is 20.1 Å². The molecule has 0 bridgehead atoms. The SMILES string of the molecule is CCOCCNC(=NC)NCC1(c2cccc(OC)c2)CCCC1. The van der Waals surface area contributed by atoms with E-state index in [2.05, 4.69) is 33.8 Å². The van der Waals surface area contributed by atoms with E-state index in [1.54, 1.807) is 7.11 Å². The fourth-order valence-electron chi connectivity index (χ4n) is 3.43. The van der Waals surface area contributed by atoms with Crippen molar-refractivity contribution < 1.29 is 9.47 Å². The minimum atomic E-state index is 0.159. The predicted octanol–water partition coefficient (Wildman–Crippen LogP) is 2.71. The topological polar surface area (TPSA) is 54.9 Å². The first kappa shape index (κ1) is 18.6. The molecule has 1 saturated carbocycles. The molecule has 2 N–H and O–H groups in total. The number of nitrogens with zero attached hydrogens (tertiary/aromatic N) is 1. The Kier molecular flexibility index (Phi) is 7.37. The highest BCUT2D eigenvalue weighted by molar-refractivity contribution is 5.79. The molecule has 24 heavy (non-hydrogen) atoms. The van der Waals surface area contributed by atoms with E-state index in [0.717, 1.165) is 31.4 Å². The van der Waals surface area contributed by atoms with Gasteiger partial charge in [0.15, 0.2) is 5.96 Å². The Morgan fingerprint density at radius 2 is 2.04 bits per heavy atom. The van der Waals surface area contributed by atoms with Crippen LogP contribution in [0.4, 0.5) is 0 Å². The third-order valence-corrected chi connectivity index (χ3v) is 4.80. The van der Waals surface area contributed by atoms with Crippen molar-refractivity contribution in [1.29, 1.82) is 0 Å². The standard InChI is InChI=1S/C19H31N3O2/c1-4-24-13-12-21-18(20-2)22-15-19(10-5-6-11-19)16-8-7-9-17(14-16)23-3/h7-9,14H,4-6,10-13,15H2,1-3H3,(H2,20,21,22). The monoisotopic (exact) mass is 333 g/mol. The average Bonchev–Trinajstić information content (AvgIpc) is 3.11. The van der Waals surface area contributed by atoms with E-state index in [4.69, 9.17) is 9.47 Å². The van der Waals surface area contributed by atoms with Gasteiger partial charge in [0.05, 0.1) is 13.7 Å². The molecule has 1 fully saturated rings. The van der Waals surface area contributed by atoms with E-state index in [9.17, 15) is 0 Å². The Morgan fingerprint density at radius 3 is 2.71 bits per heavy atom. The number of hydrogen-bond acceptors (Lipinski definition) is 3. The highest BCUT2D eigenvalue weighted by Crippen LogP contribution is 2.41. The lowest BCUT2D eigenvalue weighted by molar-refractivity contribution is 0.152. The van der Waals surface area contributed by atoms with Crippen molar-refractivity contribution in [3.8, 4) is 5.75 Å². The van der Waals surface area contributed by atoms with Gasteiger partial charge in [-0.05, 0) is 37.5 Å². The van der Waals surface area contributed by atoms with Crippen LogP contribution in [-0.4, -0.2) is 46.4 Å². The molecule has 0 heterocycles. The molecule has 0 spiro atoms. The van der Waals surface area contributed by atoms with Gasteiger partial charge in [0.1, 0.15) is 5.75 Å². The zero-order valence-corrected chi connectivity index (χ0v) is 15.2. The normalized spacial score (nSPS) is 16.9. The minimum Gasteiger partial charge on any atom is -0.497 e. The van der Waals surface area contributed by atoms with Gasteiger partial charge in [-0.15, -0.1) is 0 Å². The summed E-state index contributed by atoms with van der Waals surface area (Å²) in [6.07, 6.45) is 4.94. The molecule has 2 rings (SSSR count). The molecule has 1 aromatic carbocycles. The maximum atomic E-state index is 5.41. The molecule has 5 nitrogen and oxygen atoms in total. The van der Waals surface area contributed by atoms with Gasteiger partial charge in [0.25, 0.3) is 0 Å². The Morgan fingerprint density at radius 1 is 1.25 bits per heavy atom. The Labute approximate surface area is 145 Å². The second kappa shape index (κ2) is 9.52. The van der Waals surface area contributed by atoms with E-state index in [1.165, 1.54) is 31.2 Å². The van der Waals surface area contributed by atoms with Crippen LogP contribution in [-0.2, 0) is 10.2 Å². The highest BCUT2D eigenvalue weighted by Gasteiger charge is 2.35. The summed E-state index contributed by atoms with van der Waals surface area (Å²) < 4.78 is 10.8. The summed E-state index contributed by atoms with van der Waals surface area (Å²) in [7, 11) is 3.53. The number of hydrogen-bond donors (Lipinski definition) is 2. The van der Waals surface area contributed by atoms with Crippen LogP contribution in [0.5, 0.6) is 5.75 Å². The lowest BCUT2D eigenvalue weighted by atomic mass is 9.78. The van der Waals surface area contributed by atoms with Gasteiger partial charge in [-0.2, -0.15) is 0 Å². The van der Waals surface area contributed by atoms with E-state index in [0.29, 0.717) is 6.61 Å². The first-order valence-electron chi connectivity index (χ1n) is 8.91. The molecule has 0 radical (unpaired) electrons. The van der Waals surface area contributed by atoms with Crippen molar-refractivity contribution in [3.05, 3.63) is 29.8 Å². The summed E-state index contributed by atoms with van der Waals surface area (Å²) in [5.41, 5.74) is 1.52. The van der Waals surface area contributed by atoms with Crippen molar-refractivity contribution in [3.63, 3.8) is 0 Å². The summed E-state index contributed by atoms with van der Waals surface area (Å²) >= 11 is 0. The minimum absolute atomic E-state index is 0.159. The summed E-state index contributed by atoms with van der Waals surface area (Å²) in [6, 6.07) is 8.50. The number of nitrogens with one attached hydrogen (secondary N) is 2. The van der Waals surface area contributed by atoms with Crippen LogP contribution < -0.4 is 15.4 Å². The molecule has 0 saturated heterocycles. The summed E-state index contributed by atoms with van der Waals surface area (Å²) in [5, 5.41) is 6.82. The number of methoxy groups -OCH3 is 1. The predicted molar refractivity (Wildman–Crippen MR) is 99.0 cm³/mol.